The van der Waals surface area contributed by atoms with Gasteiger partial charge in [0.05, 0.1) is 11.2 Å². The summed E-state index contributed by atoms with van der Waals surface area (Å²) in [6.07, 6.45) is 1.64. The van der Waals surface area contributed by atoms with E-state index in [2.05, 4.69) is 10.3 Å². The smallest absolute Gasteiger partial charge is 0.262 e. The number of fused-ring (bicyclic) bond motifs is 1. The van der Waals surface area contributed by atoms with Crippen molar-refractivity contribution in [3.05, 3.63) is 64.3 Å². The summed E-state index contributed by atoms with van der Waals surface area (Å²) in [5.74, 6) is 0.321. The number of benzene rings is 2. The molecule has 0 atom stereocenters. The van der Waals surface area contributed by atoms with Gasteiger partial charge in [0, 0.05) is 21.6 Å². The molecule has 3 aromatic rings. The van der Waals surface area contributed by atoms with E-state index in [9.17, 15) is 4.79 Å². The van der Waals surface area contributed by atoms with E-state index in [1.807, 2.05) is 13.0 Å². The lowest BCUT2D eigenvalue weighted by Crippen LogP contribution is -2.20. The first-order valence-electron chi connectivity index (χ1n) is 7.26. The van der Waals surface area contributed by atoms with E-state index in [1.165, 1.54) is 0 Å². The Morgan fingerprint density at radius 3 is 2.62 bits per heavy atom. The van der Waals surface area contributed by atoms with Crippen molar-refractivity contribution in [2.75, 3.05) is 11.9 Å². The summed E-state index contributed by atoms with van der Waals surface area (Å²) in [7, 11) is 0. The molecule has 1 heterocycles. The quantitative estimate of drug-likeness (QED) is 0.722. The third-order valence-corrected chi connectivity index (χ3v) is 4.22. The average Bonchev–Trinajstić information content (AvgIpc) is 2.58. The van der Waals surface area contributed by atoms with E-state index in [0.717, 1.165) is 16.5 Å². The molecule has 3 rings (SSSR count). The van der Waals surface area contributed by atoms with Gasteiger partial charge in [-0.05, 0) is 55.0 Å². The molecular formula is C18H14Cl2N2O2. The molecule has 0 unspecified atom stereocenters. The van der Waals surface area contributed by atoms with E-state index in [4.69, 9.17) is 27.9 Å². The van der Waals surface area contributed by atoms with Crippen LogP contribution in [0.4, 0.5) is 5.69 Å². The van der Waals surface area contributed by atoms with Crippen LogP contribution in [0.15, 0.2) is 48.7 Å². The van der Waals surface area contributed by atoms with Crippen molar-refractivity contribution in [2.24, 2.45) is 0 Å². The average molecular weight is 361 g/mol. The number of amides is 1. The normalized spacial score (nSPS) is 10.6. The van der Waals surface area contributed by atoms with E-state index >= 15 is 0 Å². The second-order valence-electron chi connectivity index (χ2n) is 5.22. The highest BCUT2D eigenvalue weighted by Gasteiger charge is 2.10. The zero-order chi connectivity index (χ0) is 17.1. The Morgan fingerprint density at radius 1 is 1.12 bits per heavy atom. The zero-order valence-electron chi connectivity index (χ0n) is 12.8. The van der Waals surface area contributed by atoms with Gasteiger partial charge in [-0.3, -0.25) is 9.78 Å². The number of hydrogen-bond acceptors (Lipinski definition) is 3. The van der Waals surface area contributed by atoms with Crippen molar-refractivity contribution in [3.8, 4) is 5.75 Å². The van der Waals surface area contributed by atoms with Crippen LogP contribution in [0.25, 0.3) is 10.9 Å². The van der Waals surface area contributed by atoms with Crippen molar-refractivity contribution in [1.29, 1.82) is 0 Å². The molecular weight excluding hydrogens is 347 g/mol. The molecule has 2 aromatic carbocycles. The molecule has 24 heavy (non-hydrogen) atoms. The molecule has 0 spiro atoms. The minimum Gasteiger partial charge on any atom is -0.484 e. The standard InChI is InChI=1S/C18H14Cl2N2O2/c1-11-15(20)7-6-14-16(8-9-21-18(11)14)22-17(23)10-24-13-4-2-12(19)3-5-13/h2-9H,10H2,1H3,(H,21,22,23). The molecule has 1 N–H and O–H groups in total. The molecule has 1 aromatic heterocycles. The number of nitrogens with zero attached hydrogens (tertiary/aromatic N) is 1. The number of aryl methyl sites for hydroxylation is 1. The molecule has 122 valence electrons. The molecule has 0 aliphatic carbocycles. The Hall–Kier alpha value is -2.30. The lowest BCUT2D eigenvalue weighted by Gasteiger charge is -2.11. The number of halogens is 2. The van der Waals surface area contributed by atoms with E-state index in [1.54, 1.807) is 42.6 Å². The van der Waals surface area contributed by atoms with Gasteiger partial charge in [0.15, 0.2) is 6.61 Å². The Balaban J connectivity index is 1.73. The number of rotatable bonds is 4. The van der Waals surface area contributed by atoms with E-state index in [-0.39, 0.29) is 12.5 Å². The summed E-state index contributed by atoms with van der Waals surface area (Å²) in [6.45, 7) is 1.80. The third kappa shape index (κ3) is 3.61. The Bertz CT molecular complexity index is 895. The molecule has 0 saturated carbocycles. The molecule has 4 nitrogen and oxygen atoms in total. The van der Waals surface area contributed by atoms with Gasteiger partial charge in [-0.1, -0.05) is 23.2 Å². The lowest BCUT2D eigenvalue weighted by molar-refractivity contribution is -0.118. The van der Waals surface area contributed by atoms with E-state index in [0.29, 0.717) is 21.5 Å². The number of hydrogen-bond donors (Lipinski definition) is 1. The molecule has 1 amide bonds. The number of aromatic nitrogens is 1. The fourth-order valence-electron chi connectivity index (χ4n) is 2.31. The van der Waals surface area contributed by atoms with Gasteiger partial charge in [-0.25, -0.2) is 0 Å². The van der Waals surface area contributed by atoms with Crippen LogP contribution >= 0.6 is 23.2 Å². The summed E-state index contributed by atoms with van der Waals surface area (Å²) in [4.78, 5) is 16.5. The van der Waals surface area contributed by atoms with Gasteiger partial charge >= 0.3 is 0 Å². The maximum atomic E-state index is 12.1. The van der Waals surface area contributed by atoms with Gasteiger partial charge in [0.1, 0.15) is 5.75 Å². The lowest BCUT2D eigenvalue weighted by atomic mass is 10.1. The van der Waals surface area contributed by atoms with Crippen molar-refractivity contribution in [1.82, 2.24) is 4.98 Å². The first-order valence-corrected chi connectivity index (χ1v) is 8.02. The summed E-state index contributed by atoms with van der Waals surface area (Å²) in [5, 5.41) is 4.93. The highest BCUT2D eigenvalue weighted by molar-refractivity contribution is 6.32. The topological polar surface area (TPSA) is 51.2 Å². The van der Waals surface area contributed by atoms with Crippen LogP contribution in [0.5, 0.6) is 5.75 Å². The van der Waals surface area contributed by atoms with Gasteiger partial charge in [-0.2, -0.15) is 0 Å². The summed E-state index contributed by atoms with van der Waals surface area (Å²) < 4.78 is 5.44. The fraction of sp³-hybridized carbons (Fsp3) is 0.111. The predicted octanol–water partition coefficient (Wildman–Crippen LogP) is 4.87. The predicted molar refractivity (Wildman–Crippen MR) is 97.1 cm³/mol. The number of carbonyl (C=O) groups excluding carboxylic acids is 1. The number of carbonyl (C=O) groups is 1. The summed E-state index contributed by atoms with van der Waals surface area (Å²) in [6, 6.07) is 12.2. The van der Waals surface area contributed by atoms with Crippen LogP contribution < -0.4 is 10.1 Å². The second kappa shape index (κ2) is 7.07. The van der Waals surface area contributed by atoms with Crippen molar-refractivity contribution < 1.29 is 9.53 Å². The Kier molecular flexibility index (Phi) is 4.88. The van der Waals surface area contributed by atoms with Crippen LogP contribution in [-0.2, 0) is 4.79 Å². The monoisotopic (exact) mass is 360 g/mol. The second-order valence-corrected chi connectivity index (χ2v) is 6.06. The maximum Gasteiger partial charge on any atom is 0.262 e. The highest BCUT2D eigenvalue weighted by Crippen LogP contribution is 2.28. The molecule has 0 bridgehead atoms. The van der Waals surface area contributed by atoms with Gasteiger partial charge < -0.3 is 10.1 Å². The first-order chi connectivity index (χ1) is 11.5. The maximum absolute atomic E-state index is 12.1. The Labute approximate surface area is 149 Å². The minimum absolute atomic E-state index is 0.0992. The SMILES string of the molecule is Cc1c(Cl)ccc2c(NC(=O)COc3ccc(Cl)cc3)ccnc12. The summed E-state index contributed by atoms with van der Waals surface area (Å²) in [5.41, 5.74) is 2.31. The molecule has 0 radical (unpaired) electrons. The third-order valence-electron chi connectivity index (χ3n) is 3.56. The molecule has 6 heteroatoms. The Morgan fingerprint density at radius 2 is 1.88 bits per heavy atom. The van der Waals surface area contributed by atoms with Crippen LogP contribution in [0.1, 0.15) is 5.56 Å². The molecule has 0 saturated heterocycles. The van der Waals surface area contributed by atoms with Gasteiger partial charge in [0.25, 0.3) is 5.91 Å². The molecule has 0 fully saturated rings. The van der Waals surface area contributed by atoms with E-state index < -0.39 is 0 Å². The molecule has 0 aliphatic heterocycles. The van der Waals surface area contributed by atoms with Crippen LogP contribution in [0.2, 0.25) is 10.0 Å². The summed E-state index contributed by atoms with van der Waals surface area (Å²) >= 11 is 11.9. The van der Waals surface area contributed by atoms with Gasteiger partial charge in [-0.15, -0.1) is 0 Å². The highest BCUT2D eigenvalue weighted by atomic mass is 35.5. The number of ether oxygens (including phenoxy) is 1. The molecule has 0 aliphatic rings. The van der Waals surface area contributed by atoms with Crippen LogP contribution in [0.3, 0.4) is 0 Å². The first kappa shape index (κ1) is 16.6. The van der Waals surface area contributed by atoms with Gasteiger partial charge in [0.2, 0.25) is 0 Å². The fourth-order valence-corrected chi connectivity index (χ4v) is 2.59. The van der Waals surface area contributed by atoms with Crippen LogP contribution in [0, 0.1) is 6.92 Å². The van der Waals surface area contributed by atoms with Crippen molar-refractivity contribution in [3.63, 3.8) is 0 Å². The number of anilines is 1. The van der Waals surface area contributed by atoms with Crippen molar-refractivity contribution in [2.45, 2.75) is 6.92 Å². The minimum atomic E-state index is -0.259. The zero-order valence-corrected chi connectivity index (χ0v) is 14.4. The number of pyridine rings is 1. The van der Waals surface area contributed by atoms with Crippen LogP contribution in [-0.4, -0.2) is 17.5 Å². The number of nitrogens with one attached hydrogen (secondary N) is 1. The van der Waals surface area contributed by atoms with Crippen molar-refractivity contribution >= 4 is 45.7 Å². The largest absolute Gasteiger partial charge is 0.484 e.